The fourth-order valence-electron chi connectivity index (χ4n) is 2.49. The lowest BCUT2D eigenvalue weighted by molar-refractivity contribution is 0.0948. The van der Waals surface area contributed by atoms with E-state index < -0.39 is 10.0 Å². The molecule has 28 heavy (non-hydrogen) atoms. The van der Waals surface area contributed by atoms with Gasteiger partial charge in [0.25, 0.3) is 5.91 Å². The zero-order valence-corrected chi connectivity index (χ0v) is 17.5. The summed E-state index contributed by atoms with van der Waals surface area (Å²) >= 11 is 3.40. The SMILES string of the molecule is CCS(=O)(=O)Nc1cccc(C(=O)NCc2ccc(-c3ccc(Br)cc3)o2)c1. The fourth-order valence-corrected chi connectivity index (χ4v) is 3.38. The third kappa shape index (κ3) is 5.24. The molecule has 0 fully saturated rings. The van der Waals surface area contributed by atoms with Crippen molar-refractivity contribution in [1.29, 1.82) is 0 Å². The number of amides is 1. The van der Waals surface area contributed by atoms with Crippen molar-refractivity contribution in [1.82, 2.24) is 5.32 Å². The van der Waals surface area contributed by atoms with E-state index in [2.05, 4.69) is 26.0 Å². The number of carbonyl (C=O) groups excluding carboxylic acids is 1. The molecule has 0 saturated heterocycles. The molecule has 0 aliphatic rings. The van der Waals surface area contributed by atoms with Crippen molar-refractivity contribution >= 4 is 37.5 Å². The Morgan fingerprint density at radius 1 is 1.07 bits per heavy atom. The Hall–Kier alpha value is -2.58. The van der Waals surface area contributed by atoms with Gasteiger partial charge in [-0.15, -0.1) is 0 Å². The predicted octanol–water partition coefficient (Wildman–Crippen LogP) is 4.40. The number of nitrogens with one attached hydrogen (secondary N) is 2. The van der Waals surface area contributed by atoms with E-state index in [9.17, 15) is 13.2 Å². The number of rotatable bonds is 7. The van der Waals surface area contributed by atoms with E-state index in [0.717, 1.165) is 10.0 Å². The summed E-state index contributed by atoms with van der Waals surface area (Å²) in [5.74, 6) is 0.976. The molecule has 6 nitrogen and oxygen atoms in total. The highest BCUT2D eigenvalue weighted by atomic mass is 79.9. The third-order valence-electron chi connectivity index (χ3n) is 3.99. The summed E-state index contributed by atoms with van der Waals surface area (Å²) in [4.78, 5) is 12.4. The Kier molecular flexibility index (Phi) is 6.21. The molecule has 1 heterocycles. The van der Waals surface area contributed by atoms with Crippen LogP contribution in [0.15, 0.2) is 69.6 Å². The molecule has 0 unspecified atom stereocenters. The monoisotopic (exact) mass is 462 g/mol. The second kappa shape index (κ2) is 8.62. The maximum atomic E-state index is 12.4. The highest BCUT2D eigenvalue weighted by molar-refractivity contribution is 9.10. The van der Waals surface area contributed by atoms with E-state index in [4.69, 9.17) is 4.42 Å². The summed E-state index contributed by atoms with van der Waals surface area (Å²) in [6.45, 7) is 1.77. The molecule has 1 aromatic heterocycles. The van der Waals surface area contributed by atoms with Crippen molar-refractivity contribution in [2.45, 2.75) is 13.5 Å². The van der Waals surface area contributed by atoms with Gasteiger partial charge in [-0.2, -0.15) is 0 Å². The van der Waals surface area contributed by atoms with E-state index in [1.807, 2.05) is 36.4 Å². The first-order chi connectivity index (χ1) is 13.4. The average molecular weight is 463 g/mol. The van der Waals surface area contributed by atoms with Crippen LogP contribution in [0.25, 0.3) is 11.3 Å². The van der Waals surface area contributed by atoms with E-state index in [0.29, 0.717) is 22.8 Å². The molecule has 3 aromatic rings. The smallest absolute Gasteiger partial charge is 0.251 e. The van der Waals surface area contributed by atoms with Gasteiger partial charge in [-0.3, -0.25) is 9.52 Å². The average Bonchev–Trinajstić information content (AvgIpc) is 3.15. The second-order valence-electron chi connectivity index (χ2n) is 6.04. The molecule has 2 aromatic carbocycles. The first-order valence-corrected chi connectivity index (χ1v) is 11.0. The van der Waals surface area contributed by atoms with Crippen molar-refractivity contribution in [3.05, 3.63) is 76.5 Å². The van der Waals surface area contributed by atoms with Crippen LogP contribution in [0.2, 0.25) is 0 Å². The molecular formula is C20H19BrN2O4S. The van der Waals surface area contributed by atoms with E-state index in [1.165, 1.54) is 6.07 Å². The van der Waals surface area contributed by atoms with Crippen molar-refractivity contribution < 1.29 is 17.6 Å². The number of sulfonamides is 1. The summed E-state index contributed by atoms with van der Waals surface area (Å²) < 4.78 is 32.5. The quantitative estimate of drug-likeness (QED) is 0.544. The largest absolute Gasteiger partial charge is 0.459 e. The van der Waals surface area contributed by atoms with E-state index in [-0.39, 0.29) is 18.2 Å². The van der Waals surface area contributed by atoms with Crippen molar-refractivity contribution in [3.8, 4) is 11.3 Å². The number of halogens is 1. The molecule has 1 amide bonds. The number of furan rings is 1. The summed E-state index contributed by atoms with van der Waals surface area (Å²) in [5.41, 5.74) is 1.65. The predicted molar refractivity (Wildman–Crippen MR) is 113 cm³/mol. The van der Waals surface area contributed by atoms with Gasteiger partial charge in [0.05, 0.1) is 12.3 Å². The van der Waals surface area contributed by atoms with Crippen molar-refractivity contribution in [2.75, 3.05) is 10.5 Å². The lowest BCUT2D eigenvalue weighted by Crippen LogP contribution is -2.23. The van der Waals surface area contributed by atoms with Crippen LogP contribution in [0.3, 0.4) is 0 Å². The molecule has 0 aliphatic heterocycles. The molecule has 2 N–H and O–H groups in total. The number of carbonyl (C=O) groups is 1. The summed E-state index contributed by atoms with van der Waals surface area (Å²) in [7, 11) is -3.40. The third-order valence-corrected chi connectivity index (χ3v) is 5.83. The normalized spacial score (nSPS) is 11.2. The van der Waals surface area contributed by atoms with E-state index in [1.54, 1.807) is 25.1 Å². The van der Waals surface area contributed by atoms with Gasteiger partial charge in [0.15, 0.2) is 0 Å². The summed E-state index contributed by atoms with van der Waals surface area (Å²) in [5, 5.41) is 2.78. The first kappa shape index (κ1) is 20.2. The van der Waals surface area contributed by atoms with Gasteiger partial charge in [0, 0.05) is 21.3 Å². The zero-order valence-electron chi connectivity index (χ0n) is 15.1. The van der Waals surface area contributed by atoms with Gasteiger partial charge in [-0.05, 0) is 49.4 Å². The van der Waals surface area contributed by atoms with Crippen LogP contribution < -0.4 is 10.0 Å². The molecule has 0 spiro atoms. The maximum absolute atomic E-state index is 12.4. The highest BCUT2D eigenvalue weighted by Gasteiger charge is 2.11. The molecule has 3 rings (SSSR count). The van der Waals surface area contributed by atoms with Crippen LogP contribution in [-0.4, -0.2) is 20.1 Å². The molecule has 0 atom stereocenters. The molecule has 0 radical (unpaired) electrons. The minimum atomic E-state index is -3.40. The lowest BCUT2D eigenvalue weighted by atomic mass is 10.2. The Labute approximate surface area is 172 Å². The van der Waals surface area contributed by atoms with Crippen molar-refractivity contribution in [3.63, 3.8) is 0 Å². The number of hydrogen-bond donors (Lipinski definition) is 2. The molecule has 0 aliphatic carbocycles. The van der Waals surface area contributed by atoms with Crippen LogP contribution in [-0.2, 0) is 16.6 Å². The topological polar surface area (TPSA) is 88.4 Å². The Balaban J connectivity index is 1.64. The van der Waals surface area contributed by atoms with Gasteiger partial charge in [0.2, 0.25) is 10.0 Å². The molecule has 8 heteroatoms. The van der Waals surface area contributed by atoms with Gasteiger partial charge in [-0.1, -0.05) is 34.1 Å². The lowest BCUT2D eigenvalue weighted by Gasteiger charge is -2.08. The number of anilines is 1. The number of hydrogen-bond acceptors (Lipinski definition) is 4. The first-order valence-electron chi connectivity index (χ1n) is 8.60. The van der Waals surface area contributed by atoms with Gasteiger partial charge < -0.3 is 9.73 Å². The van der Waals surface area contributed by atoms with Crippen LogP contribution in [0, 0.1) is 0 Å². The van der Waals surface area contributed by atoms with Crippen LogP contribution in [0.1, 0.15) is 23.0 Å². The maximum Gasteiger partial charge on any atom is 0.251 e. The molecular weight excluding hydrogens is 444 g/mol. The van der Waals surface area contributed by atoms with Gasteiger partial charge in [0.1, 0.15) is 11.5 Å². The zero-order chi connectivity index (χ0) is 20.1. The van der Waals surface area contributed by atoms with Crippen LogP contribution >= 0.6 is 15.9 Å². The van der Waals surface area contributed by atoms with Crippen LogP contribution in [0.5, 0.6) is 0 Å². The van der Waals surface area contributed by atoms with Gasteiger partial charge >= 0.3 is 0 Å². The second-order valence-corrected chi connectivity index (χ2v) is 8.97. The highest BCUT2D eigenvalue weighted by Crippen LogP contribution is 2.24. The van der Waals surface area contributed by atoms with Crippen LogP contribution in [0.4, 0.5) is 5.69 Å². The molecule has 146 valence electrons. The Morgan fingerprint density at radius 3 is 2.54 bits per heavy atom. The summed E-state index contributed by atoms with van der Waals surface area (Å²) in [6, 6.07) is 17.7. The molecule has 0 saturated carbocycles. The summed E-state index contributed by atoms with van der Waals surface area (Å²) in [6.07, 6.45) is 0. The van der Waals surface area contributed by atoms with Gasteiger partial charge in [-0.25, -0.2) is 8.42 Å². The van der Waals surface area contributed by atoms with Crippen molar-refractivity contribution in [2.24, 2.45) is 0 Å². The number of benzene rings is 2. The Bertz CT molecular complexity index is 1080. The minimum absolute atomic E-state index is 0.0391. The minimum Gasteiger partial charge on any atom is -0.459 e. The van der Waals surface area contributed by atoms with E-state index >= 15 is 0 Å². The molecule has 0 bridgehead atoms. The Morgan fingerprint density at radius 2 is 1.82 bits per heavy atom. The standard InChI is InChI=1S/C20H19BrN2O4S/c1-2-28(25,26)23-17-5-3-4-15(12-17)20(24)22-13-18-10-11-19(27-18)14-6-8-16(21)9-7-14/h3-12,23H,2,13H2,1H3,(H,22,24). The fraction of sp³-hybridized carbons (Fsp3) is 0.150.